The smallest absolute Gasteiger partial charge is 0.239 e. The van der Waals surface area contributed by atoms with Crippen molar-refractivity contribution < 1.29 is 9.59 Å². The van der Waals surface area contributed by atoms with Gasteiger partial charge in [0.1, 0.15) is 0 Å². The largest absolute Gasteiger partial charge is 0.285 e. The van der Waals surface area contributed by atoms with Crippen molar-refractivity contribution in [2.24, 2.45) is 11.8 Å². The van der Waals surface area contributed by atoms with Gasteiger partial charge in [0.05, 0.1) is 17.5 Å². The number of hydrogen-bond acceptors (Lipinski definition) is 3. The van der Waals surface area contributed by atoms with Crippen LogP contribution in [0.15, 0.2) is 48.5 Å². The average Bonchev–Trinajstić information content (AvgIpc) is 3.23. The number of amides is 2. The molecule has 2 amide bonds. The van der Waals surface area contributed by atoms with E-state index >= 15 is 0 Å². The Labute approximate surface area is 153 Å². The zero-order valence-electron chi connectivity index (χ0n) is 15.2. The summed E-state index contributed by atoms with van der Waals surface area (Å²) >= 11 is 0. The molecule has 3 aliphatic heterocycles. The van der Waals surface area contributed by atoms with Crippen LogP contribution in [0.2, 0.25) is 0 Å². The van der Waals surface area contributed by atoms with Gasteiger partial charge in [-0.3, -0.25) is 14.5 Å². The Morgan fingerprint density at radius 1 is 0.808 bits per heavy atom. The Morgan fingerprint density at radius 2 is 1.31 bits per heavy atom. The fourth-order valence-corrected chi connectivity index (χ4v) is 5.27. The molecule has 0 N–H and O–H groups in total. The van der Waals surface area contributed by atoms with E-state index < -0.39 is 0 Å². The van der Waals surface area contributed by atoms with Gasteiger partial charge in [0.15, 0.2) is 0 Å². The number of fused-ring (bicyclic) bond motifs is 8. The van der Waals surface area contributed by atoms with Crippen molar-refractivity contribution in [2.45, 2.75) is 38.9 Å². The van der Waals surface area contributed by atoms with Crippen molar-refractivity contribution in [1.29, 1.82) is 0 Å². The molecule has 4 nitrogen and oxygen atoms in total. The Kier molecular flexibility index (Phi) is 3.20. The summed E-state index contributed by atoms with van der Waals surface area (Å²) in [5, 5.41) is 0. The molecule has 2 bridgehead atoms. The highest BCUT2D eigenvalue weighted by atomic mass is 16.2. The number of hydrogen-bond donors (Lipinski definition) is 0. The van der Waals surface area contributed by atoms with Gasteiger partial charge in [-0.15, -0.1) is 0 Å². The molecular weight excluding hydrogens is 324 g/mol. The minimum atomic E-state index is -0.272. The van der Waals surface area contributed by atoms with Crippen molar-refractivity contribution in [2.75, 3.05) is 4.90 Å². The SMILES string of the molecule is Cc1ccc(N2C(=O)[C@@H]3[C@H](C2=O)[C@H]2c4ccccc4[C@@H]3N2C(C)C)cc1. The van der Waals surface area contributed by atoms with E-state index in [4.69, 9.17) is 0 Å². The lowest BCUT2D eigenvalue weighted by Crippen LogP contribution is -2.38. The monoisotopic (exact) mass is 346 g/mol. The summed E-state index contributed by atoms with van der Waals surface area (Å²) in [6, 6.07) is 16.3. The first kappa shape index (κ1) is 15.8. The molecule has 3 heterocycles. The molecule has 4 heteroatoms. The number of benzene rings is 2. The van der Waals surface area contributed by atoms with Crippen LogP contribution in [-0.2, 0) is 9.59 Å². The quantitative estimate of drug-likeness (QED) is 0.780. The molecule has 0 spiro atoms. The van der Waals surface area contributed by atoms with Crippen LogP contribution in [0.3, 0.4) is 0 Å². The van der Waals surface area contributed by atoms with Gasteiger partial charge in [-0.05, 0) is 44.0 Å². The van der Waals surface area contributed by atoms with Crippen LogP contribution in [0.4, 0.5) is 5.69 Å². The Bertz CT molecular complexity index is 869. The number of carbonyl (C=O) groups is 2. The molecule has 4 atom stereocenters. The van der Waals surface area contributed by atoms with E-state index in [0.29, 0.717) is 5.69 Å². The summed E-state index contributed by atoms with van der Waals surface area (Å²) in [6.07, 6.45) is 0. The second kappa shape index (κ2) is 5.27. The van der Waals surface area contributed by atoms with Crippen LogP contribution >= 0.6 is 0 Å². The Morgan fingerprint density at radius 3 is 1.77 bits per heavy atom. The second-order valence-electron chi connectivity index (χ2n) is 7.96. The molecule has 2 fully saturated rings. The third-order valence-electron chi connectivity index (χ3n) is 6.24. The van der Waals surface area contributed by atoms with Crippen molar-refractivity contribution in [3.8, 4) is 0 Å². The van der Waals surface area contributed by atoms with E-state index in [1.807, 2.05) is 43.3 Å². The molecule has 2 aromatic carbocycles. The van der Waals surface area contributed by atoms with Crippen LogP contribution in [-0.4, -0.2) is 22.8 Å². The van der Waals surface area contributed by atoms with Gasteiger partial charge in [-0.1, -0.05) is 42.0 Å². The molecule has 0 aromatic heterocycles. The van der Waals surface area contributed by atoms with Crippen molar-refractivity contribution >= 4 is 17.5 Å². The average molecular weight is 346 g/mol. The van der Waals surface area contributed by atoms with E-state index in [1.165, 1.54) is 16.0 Å². The molecule has 0 unspecified atom stereocenters. The van der Waals surface area contributed by atoms with E-state index in [-0.39, 0.29) is 41.8 Å². The van der Waals surface area contributed by atoms with Gasteiger partial charge in [-0.25, -0.2) is 4.90 Å². The normalized spacial score (nSPS) is 29.6. The minimum absolute atomic E-state index is 0.00750. The van der Waals surface area contributed by atoms with Crippen LogP contribution in [0.5, 0.6) is 0 Å². The van der Waals surface area contributed by atoms with E-state index in [1.54, 1.807) is 0 Å². The first-order chi connectivity index (χ1) is 12.5. The lowest BCUT2D eigenvalue weighted by Gasteiger charge is -2.29. The molecule has 0 aliphatic carbocycles. The minimum Gasteiger partial charge on any atom is -0.285 e. The van der Waals surface area contributed by atoms with Gasteiger partial charge < -0.3 is 0 Å². The van der Waals surface area contributed by atoms with Crippen LogP contribution < -0.4 is 4.90 Å². The predicted molar refractivity (Wildman–Crippen MR) is 99.6 cm³/mol. The highest BCUT2D eigenvalue weighted by Gasteiger charge is 2.66. The van der Waals surface area contributed by atoms with E-state index in [2.05, 4.69) is 30.9 Å². The van der Waals surface area contributed by atoms with Crippen molar-refractivity contribution in [1.82, 2.24) is 4.90 Å². The molecule has 2 saturated heterocycles. The first-order valence-corrected chi connectivity index (χ1v) is 9.31. The molecular formula is C22H22N2O2. The Hall–Kier alpha value is -2.46. The molecule has 26 heavy (non-hydrogen) atoms. The van der Waals surface area contributed by atoms with Gasteiger partial charge in [0, 0.05) is 18.1 Å². The first-order valence-electron chi connectivity index (χ1n) is 9.31. The standard InChI is InChI=1S/C22H22N2O2/c1-12(2)23-19-15-6-4-5-7-16(15)20(23)18-17(19)21(25)24(22(18)26)14-10-8-13(3)9-11-14/h4-12,17-20H,1-3H3/t17-,18+,19+,20-. The summed E-state index contributed by atoms with van der Waals surface area (Å²) in [7, 11) is 0. The Balaban J connectivity index is 1.62. The summed E-state index contributed by atoms with van der Waals surface area (Å²) in [5.74, 6) is -0.634. The number of imide groups is 1. The summed E-state index contributed by atoms with van der Waals surface area (Å²) in [4.78, 5) is 30.5. The summed E-state index contributed by atoms with van der Waals surface area (Å²) in [6.45, 7) is 6.31. The maximum Gasteiger partial charge on any atom is 0.239 e. The number of aryl methyl sites for hydroxylation is 1. The zero-order valence-corrected chi connectivity index (χ0v) is 15.2. The van der Waals surface area contributed by atoms with E-state index in [9.17, 15) is 9.59 Å². The second-order valence-corrected chi connectivity index (χ2v) is 7.96. The lowest BCUT2D eigenvalue weighted by molar-refractivity contribution is -0.124. The lowest BCUT2D eigenvalue weighted by atomic mass is 9.77. The summed E-state index contributed by atoms with van der Waals surface area (Å²) in [5.41, 5.74) is 4.25. The fraction of sp³-hybridized carbons (Fsp3) is 0.364. The van der Waals surface area contributed by atoms with Crippen LogP contribution in [0, 0.1) is 18.8 Å². The number of carbonyl (C=O) groups excluding carboxylic acids is 2. The third-order valence-corrected chi connectivity index (χ3v) is 6.24. The van der Waals surface area contributed by atoms with Gasteiger partial charge >= 0.3 is 0 Å². The van der Waals surface area contributed by atoms with Gasteiger partial charge in [0.25, 0.3) is 0 Å². The molecule has 3 aliphatic rings. The predicted octanol–water partition coefficient (Wildman–Crippen LogP) is 3.62. The van der Waals surface area contributed by atoms with E-state index in [0.717, 1.165) is 5.56 Å². The zero-order chi connectivity index (χ0) is 18.2. The van der Waals surface area contributed by atoms with Crippen LogP contribution in [0.25, 0.3) is 0 Å². The topological polar surface area (TPSA) is 40.6 Å². The number of nitrogens with zero attached hydrogens (tertiary/aromatic N) is 2. The molecule has 5 rings (SSSR count). The maximum atomic E-state index is 13.3. The maximum absolute atomic E-state index is 13.3. The highest BCUT2D eigenvalue weighted by molar-refractivity contribution is 6.23. The van der Waals surface area contributed by atoms with Gasteiger partial charge in [-0.2, -0.15) is 0 Å². The molecule has 0 saturated carbocycles. The molecule has 0 radical (unpaired) electrons. The molecule has 2 aromatic rings. The fourth-order valence-electron chi connectivity index (χ4n) is 5.27. The third kappa shape index (κ3) is 1.83. The van der Waals surface area contributed by atoms with Crippen LogP contribution in [0.1, 0.15) is 42.6 Å². The highest BCUT2D eigenvalue weighted by Crippen LogP contribution is 2.63. The number of rotatable bonds is 2. The van der Waals surface area contributed by atoms with Crippen molar-refractivity contribution in [3.05, 3.63) is 65.2 Å². The van der Waals surface area contributed by atoms with Gasteiger partial charge in [0.2, 0.25) is 11.8 Å². The van der Waals surface area contributed by atoms with Crippen molar-refractivity contribution in [3.63, 3.8) is 0 Å². The number of anilines is 1. The molecule has 132 valence electrons. The summed E-state index contributed by atoms with van der Waals surface area (Å²) < 4.78 is 0.